The summed E-state index contributed by atoms with van der Waals surface area (Å²) in [6.07, 6.45) is 2.40. The number of rotatable bonds is 2. The lowest BCUT2D eigenvalue weighted by Gasteiger charge is -2.35. The Morgan fingerprint density at radius 1 is 1.67 bits per heavy atom. The van der Waals surface area contributed by atoms with E-state index in [1.54, 1.807) is 11.3 Å². The van der Waals surface area contributed by atoms with Crippen molar-refractivity contribution in [1.82, 2.24) is 0 Å². The van der Waals surface area contributed by atoms with E-state index in [9.17, 15) is 5.11 Å². The lowest BCUT2D eigenvalue weighted by molar-refractivity contribution is -0.0957. The molecule has 1 fully saturated rings. The van der Waals surface area contributed by atoms with Crippen LogP contribution >= 0.6 is 27.3 Å². The van der Waals surface area contributed by atoms with E-state index in [0.29, 0.717) is 6.61 Å². The molecule has 0 saturated carbocycles. The summed E-state index contributed by atoms with van der Waals surface area (Å²) in [5.74, 6) is 0. The summed E-state index contributed by atoms with van der Waals surface area (Å²) in [5.41, 5.74) is -0.567. The second-order valence-electron chi connectivity index (χ2n) is 4.24. The third-order valence-corrected chi connectivity index (χ3v) is 4.39. The fourth-order valence-corrected chi connectivity index (χ4v) is 3.70. The highest BCUT2D eigenvalue weighted by Gasteiger charge is 2.33. The molecular formula is C11H15BrO2S. The summed E-state index contributed by atoms with van der Waals surface area (Å²) in [6.45, 7) is 2.69. The summed E-state index contributed by atoms with van der Waals surface area (Å²) < 4.78 is 6.58. The molecule has 2 nitrogen and oxygen atoms in total. The van der Waals surface area contributed by atoms with E-state index in [0.717, 1.165) is 23.0 Å². The lowest BCUT2D eigenvalue weighted by Crippen LogP contribution is -2.41. The van der Waals surface area contributed by atoms with E-state index in [1.165, 1.54) is 4.88 Å². The molecule has 2 rings (SSSR count). The molecule has 0 bridgehead atoms. The van der Waals surface area contributed by atoms with Crippen molar-refractivity contribution in [3.8, 4) is 0 Å². The molecule has 4 heteroatoms. The van der Waals surface area contributed by atoms with Crippen LogP contribution in [0.5, 0.6) is 0 Å². The highest BCUT2D eigenvalue weighted by atomic mass is 79.9. The maximum absolute atomic E-state index is 10.4. The minimum absolute atomic E-state index is 0.173. The smallest absolute Gasteiger partial charge is 0.0742 e. The van der Waals surface area contributed by atoms with E-state index < -0.39 is 5.60 Å². The van der Waals surface area contributed by atoms with Gasteiger partial charge < -0.3 is 9.84 Å². The SMILES string of the molecule is CC1CC(O)(Cc2ccc(Br)s2)CCO1. The van der Waals surface area contributed by atoms with Crippen LogP contribution in [0.15, 0.2) is 15.9 Å². The van der Waals surface area contributed by atoms with E-state index in [1.807, 2.05) is 13.0 Å². The van der Waals surface area contributed by atoms with Gasteiger partial charge in [0.2, 0.25) is 0 Å². The Morgan fingerprint density at radius 2 is 2.47 bits per heavy atom. The van der Waals surface area contributed by atoms with Crippen LogP contribution < -0.4 is 0 Å². The molecule has 1 aliphatic heterocycles. The second kappa shape index (κ2) is 4.53. The largest absolute Gasteiger partial charge is 0.389 e. The topological polar surface area (TPSA) is 29.5 Å². The zero-order chi connectivity index (χ0) is 10.9. The van der Waals surface area contributed by atoms with Crippen LogP contribution in [0.1, 0.15) is 24.6 Å². The fraction of sp³-hybridized carbons (Fsp3) is 0.636. The van der Waals surface area contributed by atoms with E-state index >= 15 is 0 Å². The van der Waals surface area contributed by atoms with Crippen molar-refractivity contribution in [2.24, 2.45) is 0 Å². The molecule has 0 spiro atoms. The first-order valence-corrected chi connectivity index (χ1v) is 6.77. The molecule has 2 unspecified atom stereocenters. The average Bonchev–Trinajstić information content (AvgIpc) is 2.49. The number of halogens is 1. The molecule has 1 N–H and O–H groups in total. The first-order chi connectivity index (χ1) is 7.07. The van der Waals surface area contributed by atoms with Crippen molar-refractivity contribution in [3.63, 3.8) is 0 Å². The molecule has 2 atom stereocenters. The van der Waals surface area contributed by atoms with Crippen molar-refractivity contribution < 1.29 is 9.84 Å². The molecule has 1 aliphatic rings. The molecule has 0 aliphatic carbocycles. The number of hydrogen-bond donors (Lipinski definition) is 1. The molecular weight excluding hydrogens is 276 g/mol. The minimum atomic E-state index is -0.567. The van der Waals surface area contributed by atoms with Gasteiger partial charge in [-0.1, -0.05) is 0 Å². The number of ether oxygens (including phenoxy) is 1. The van der Waals surface area contributed by atoms with E-state index in [2.05, 4.69) is 22.0 Å². The maximum atomic E-state index is 10.4. The Kier molecular flexibility index (Phi) is 3.50. The van der Waals surface area contributed by atoms with Gasteiger partial charge in [-0.15, -0.1) is 11.3 Å². The lowest BCUT2D eigenvalue weighted by atomic mass is 9.87. The van der Waals surface area contributed by atoms with E-state index in [-0.39, 0.29) is 6.10 Å². The third-order valence-electron chi connectivity index (χ3n) is 2.77. The fourth-order valence-electron chi connectivity index (χ4n) is 2.08. The zero-order valence-electron chi connectivity index (χ0n) is 8.70. The third kappa shape index (κ3) is 3.03. The van der Waals surface area contributed by atoms with Gasteiger partial charge in [-0.2, -0.15) is 0 Å². The Balaban J connectivity index is 2.03. The summed E-state index contributed by atoms with van der Waals surface area (Å²) in [5, 5.41) is 10.4. The zero-order valence-corrected chi connectivity index (χ0v) is 11.1. The van der Waals surface area contributed by atoms with Gasteiger partial charge >= 0.3 is 0 Å². The Hall–Kier alpha value is 0.1000. The average molecular weight is 291 g/mol. The number of hydrogen-bond acceptors (Lipinski definition) is 3. The van der Waals surface area contributed by atoms with Crippen LogP contribution in [-0.2, 0) is 11.2 Å². The summed E-state index contributed by atoms with van der Waals surface area (Å²) in [4.78, 5) is 1.23. The van der Waals surface area contributed by atoms with Gasteiger partial charge in [0, 0.05) is 24.3 Å². The van der Waals surface area contributed by atoms with E-state index in [4.69, 9.17) is 4.74 Å². The van der Waals surface area contributed by atoms with Crippen LogP contribution in [0.2, 0.25) is 0 Å². The molecule has 84 valence electrons. The molecule has 0 amide bonds. The maximum Gasteiger partial charge on any atom is 0.0742 e. The highest BCUT2D eigenvalue weighted by molar-refractivity contribution is 9.11. The Labute approximate surface area is 102 Å². The van der Waals surface area contributed by atoms with Gasteiger partial charge in [0.05, 0.1) is 15.5 Å². The molecule has 1 aromatic heterocycles. The normalized spacial score (nSPS) is 31.8. The monoisotopic (exact) mass is 290 g/mol. The molecule has 1 saturated heterocycles. The molecule has 2 heterocycles. The molecule has 0 aromatic carbocycles. The molecule has 15 heavy (non-hydrogen) atoms. The first kappa shape index (κ1) is 11.6. The van der Waals surface area contributed by atoms with Crippen LogP contribution in [-0.4, -0.2) is 23.4 Å². The van der Waals surface area contributed by atoms with Crippen molar-refractivity contribution in [2.75, 3.05) is 6.61 Å². The predicted octanol–water partition coefficient (Wildman–Crippen LogP) is 2.98. The molecule has 1 aromatic rings. The highest BCUT2D eigenvalue weighted by Crippen LogP contribution is 2.32. The van der Waals surface area contributed by atoms with Crippen molar-refractivity contribution in [3.05, 3.63) is 20.8 Å². The van der Waals surface area contributed by atoms with Gasteiger partial charge in [-0.05, 0) is 41.4 Å². The van der Waals surface area contributed by atoms with Crippen LogP contribution in [0.3, 0.4) is 0 Å². The van der Waals surface area contributed by atoms with Gasteiger partial charge in [0.25, 0.3) is 0 Å². The second-order valence-corrected chi connectivity index (χ2v) is 6.79. The van der Waals surface area contributed by atoms with Gasteiger partial charge in [-0.25, -0.2) is 0 Å². The Morgan fingerprint density at radius 3 is 3.07 bits per heavy atom. The number of thiophene rings is 1. The summed E-state index contributed by atoms with van der Waals surface area (Å²) in [7, 11) is 0. The Bertz CT molecular complexity index is 339. The molecule has 0 radical (unpaired) electrons. The van der Waals surface area contributed by atoms with Crippen molar-refractivity contribution >= 4 is 27.3 Å². The van der Waals surface area contributed by atoms with Crippen molar-refractivity contribution in [1.29, 1.82) is 0 Å². The van der Waals surface area contributed by atoms with Crippen molar-refractivity contribution in [2.45, 2.75) is 37.9 Å². The van der Waals surface area contributed by atoms with Gasteiger partial charge in [-0.3, -0.25) is 0 Å². The standard InChI is InChI=1S/C11H15BrO2S/c1-8-6-11(13,4-5-14-8)7-9-2-3-10(12)15-9/h2-3,8,13H,4-7H2,1H3. The van der Waals surface area contributed by atoms with Crippen LogP contribution in [0.4, 0.5) is 0 Å². The number of aliphatic hydroxyl groups is 1. The summed E-state index contributed by atoms with van der Waals surface area (Å²) in [6, 6.07) is 4.11. The minimum Gasteiger partial charge on any atom is -0.389 e. The van der Waals surface area contributed by atoms with Gasteiger partial charge in [0.1, 0.15) is 0 Å². The van der Waals surface area contributed by atoms with Crippen LogP contribution in [0, 0.1) is 0 Å². The quantitative estimate of drug-likeness (QED) is 0.907. The van der Waals surface area contributed by atoms with Crippen LogP contribution in [0.25, 0.3) is 0 Å². The van der Waals surface area contributed by atoms with Gasteiger partial charge in [0.15, 0.2) is 0 Å². The predicted molar refractivity (Wildman–Crippen MR) is 65.3 cm³/mol. The first-order valence-electron chi connectivity index (χ1n) is 5.16. The summed E-state index contributed by atoms with van der Waals surface area (Å²) >= 11 is 5.14.